The Morgan fingerprint density at radius 3 is 2.19 bits per heavy atom. The summed E-state index contributed by atoms with van der Waals surface area (Å²) in [7, 11) is 1.72. The molecule has 0 unspecified atom stereocenters. The van der Waals surface area contributed by atoms with Gasteiger partial charge in [-0.2, -0.15) is 0 Å². The molecular formula is C22H18ClNO2. The van der Waals surface area contributed by atoms with Gasteiger partial charge in [-0.3, -0.25) is 9.59 Å². The van der Waals surface area contributed by atoms with Gasteiger partial charge in [0.05, 0.1) is 5.56 Å². The summed E-state index contributed by atoms with van der Waals surface area (Å²) >= 11 is 6.01. The summed E-state index contributed by atoms with van der Waals surface area (Å²) in [6, 6.07) is 23.3. The van der Waals surface area contributed by atoms with E-state index in [1.807, 2.05) is 36.4 Å². The van der Waals surface area contributed by atoms with Crippen molar-refractivity contribution in [3.8, 4) is 0 Å². The van der Waals surface area contributed by atoms with E-state index in [1.54, 1.807) is 54.4 Å². The maximum atomic E-state index is 12.9. The molecule has 0 bridgehead atoms. The van der Waals surface area contributed by atoms with Crippen molar-refractivity contribution in [2.45, 2.75) is 6.54 Å². The lowest BCUT2D eigenvalue weighted by molar-refractivity contribution is 0.0780. The Morgan fingerprint density at radius 2 is 1.50 bits per heavy atom. The number of rotatable bonds is 5. The molecule has 3 aromatic rings. The number of hydrogen-bond donors (Lipinski definition) is 0. The maximum Gasteiger partial charge on any atom is 0.254 e. The van der Waals surface area contributed by atoms with Gasteiger partial charge in [0.1, 0.15) is 0 Å². The highest BCUT2D eigenvalue weighted by molar-refractivity contribution is 6.30. The van der Waals surface area contributed by atoms with Crippen LogP contribution in [0.2, 0.25) is 5.02 Å². The molecule has 0 atom stereocenters. The van der Waals surface area contributed by atoms with Crippen LogP contribution in [0.5, 0.6) is 0 Å². The van der Waals surface area contributed by atoms with Crippen LogP contribution in [0, 0.1) is 0 Å². The Hall–Kier alpha value is -2.91. The summed E-state index contributed by atoms with van der Waals surface area (Å²) < 4.78 is 0. The monoisotopic (exact) mass is 363 g/mol. The molecule has 0 aromatic heterocycles. The lowest BCUT2D eigenvalue weighted by Gasteiger charge is -2.19. The van der Waals surface area contributed by atoms with Gasteiger partial charge in [0, 0.05) is 29.7 Å². The predicted molar refractivity (Wildman–Crippen MR) is 104 cm³/mol. The fourth-order valence-electron chi connectivity index (χ4n) is 2.80. The Balaban J connectivity index is 1.87. The third-order valence-corrected chi connectivity index (χ3v) is 4.33. The molecule has 26 heavy (non-hydrogen) atoms. The van der Waals surface area contributed by atoms with Crippen LogP contribution < -0.4 is 0 Å². The van der Waals surface area contributed by atoms with Gasteiger partial charge >= 0.3 is 0 Å². The Bertz CT molecular complexity index is 938. The molecule has 0 radical (unpaired) electrons. The highest BCUT2D eigenvalue weighted by Crippen LogP contribution is 2.18. The third kappa shape index (κ3) is 4.01. The second-order valence-electron chi connectivity index (χ2n) is 6.03. The van der Waals surface area contributed by atoms with Crippen LogP contribution in [0.25, 0.3) is 0 Å². The zero-order valence-electron chi connectivity index (χ0n) is 14.4. The minimum absolute atomic E-state index is 0.161. The first kappa shape index (κ1) is 17.9. The Labute approximate surface area is 157 Å². The predicted octanol–water partition coefficient (Wildman–Crippen LogP) is 4.84. The molecule has 130 valence electrons. The van der Waals surface area contributed by atoms with Crippen LogP contribution in [-0.4, -0.2) is 23.6 Å². The largest absolute Gasteiger partial charge is 0.337 e. The van der Waals surface area contributed by atoms with Crippen LogP contribution in [0.1, 0.15) is 31.8 Å². The summed E-state index contributed by atoms with van der Waals surface area (Å²) in [4.78, 5) is 27.3. The summed E-state index contributed by atoms with van der Waals surface area (Å²) in [5.74, 6) is -0.365. The van der Waals surface area contributed by atoms with Crippen molar-refractivity contribution < 1.29 is 9.59 Å². The van der Waals surface area contributed by atoms with E-state index in [0.717, 1.165) is 5.56 Å². The van der Waals surface area contributed by atoms with E-state index in [2.05, 4.69) is 0 Å². The molecule has 0 saturated carbocycles. The first-order valence-corrected chi connectivity index (χ1v) is 8.63. The smallest absolute Gasteiger partial charge is 0.254 e. The summed E-state index contributed by atoms with van der Waals surface area (Å²) in [6.45, 7) is 0.410. The quantitative estimate of drug-likeness (QED) is 0.608. The number of halogens is 1. The minimum atomic E-state index is -0.204. The van der Waals surface area contributed by atoms with Crippen LogP contribution in [0.3, 0.4) is 0 Å². The molecule has 3 rings (SSSR count). The molecule has 3 aromatic carbocycles. The number of carbonyl (C=O) groups is 2. The topological polar surface area (TPSA) is 37.4 Å². The van der Waals surface area contributed by atoms with Gasteiger partial charge in [0.25, 0.3) is 5.91 Å². The van der Waals surface area contributed by atoms with Crippen molar-refractivity contribution in [2.24, 2.45) is 0 Å². The second kappa shape index (κ2) is 7.98. The minimum Gasteiger partial charge on any atom is -0.337 e. The molecule has 0 saturated heterocycles. The number of hydrogen-bond acceptors (Lipinski definition) is 2. The van der Waals surface area contributed by atoms with Gasteiger partial charge in [0.15, 0.2) is 5.78 Å². The number of nitrogens with zero attached hydrogens (tertiary/aromatic N) is 1. The second-order valence-corrected chi connectivity index (χ2v) is 6.47. The standard InChI is InChI=1S/C22H18ClNO2/c1-24(15-16-8-7-11-18(23)14-16)22(26)20-13-6-5-12-19(20)21(25)17-9-3-2-4-10-17/h2-14H,15H2,1H3. The molecule has 0 spiro atoms. The molecule has 1 amide bonds. The first-order chi connectivity index (χ1) is 12.6. The molecule has 0 N–H and O–H groups in total. The Kier molecular flexibility index (Phi) is 5.49. The maximum absolute atomic E-state index is 12.9. The number of carbonyl (C=O) groups excluding carboxylic acids is 2. The van der Waals surface area contributed by atoms with E-state index in [1.165, 1.54) is 0 Å². The third-order valence-electron chi connectivity index (χ3n) is 4.09. The number of ketones is 1. The molecule has 0 aliphatic heterocycles. The van der Waals surface area contributed by atoms with Crippen molar-refractivity contribution in [1.29, 1.82) is 0 Å². The van der Waals surface area contributed by atoms with Crippen molar-refractivity contribution in [3.05, 3.63) is 106 Å². The lowest BCUT2D eigenvalue weighted by Crippen LogP contribution is -2.28. The molecule has 0 aliphatic carbocycles. The van der Waals surface area contributed by atoms with Crippen LogP contribution in [0.15, 0.2) is 78.9 Å². The molecule has 4 heteroatoms. The van der Waals surface area contributed by atoms with E-state index in [4.69, 9.17) is 11.6 Å². The van der Waals surface area contributed by atoms with Gasteiger partial charge in [0.2, 0.25) is 0 Å². The van der Waals surface area contributed by atoms with Crippen molar-refractivity contribution in [3.63, 3.8) is 0 Å². The van der Waals surface area contributed by atoms with E-state index in [-0.39, 0.29) is 11.7 Å². The summed E-state index contributed by atoms with van der Waals surface area (Å²) in [5.41, 5.74) is 2.29. The van der Waals surface area contributed by atoms with Crippen LogP contribution in [-0.2, 0) is 6.54 Å². The van der Waals surface area contributed by atoms with Gasteiger partial charge in [-0.1, -0.05) is 72.3 Å². The highest BCUT2D eigenvalue weighted by Gasteiger charge is 2.20. The van der Waals surface area contributed by atoms with Crippen molar-refractivity contribution in [2.75, 3.05) is 7.05 Å². The van der Waals surface area contributed by atoms with Gasteiger partial charge in [-0.25, -0.2) is 0 Å². The zero-order chi connectivity index (χ0) is 18.5. The average Bonchev–Trinajstić information content (AvgIpc) is 2.67. The summed E-state index contributed by atoms with van der Waals surface area (Å²) in [5, 5.41) is 0.628. The van der Waals surface area contributed by atoms with Crippen molar-refractivity contribution >= 4 is 23.3 Å². The lowest BCUT2D eigenvalue weighted by atomic mass is 9.97. The zero-order valence-corrected chi connectivity index (χ0v) is 15.1. The fraction of sp³-hybridized carbons (Fsp3) is 0.0909. The summed E-state index contributed by atoms with van der Waals surface area (Å²) in [6.07, 6.45) is 0. The SMILES string of the molecule is CN(Cc1cccc(Cl)c1)C(=O)c1ccccc1C(=O)c1ccccc1. The van der Waals surface area contributed by atoms with E-state index in [0.29, 0.717) is 28.3 Å². The molecule has 3 nitrogen and oxygen atoms in total. The first-order valence-electron chi connectivity index (χ1n) is 8.25. The van der Waals surface area contributed by atoms with Crippen LogP contribution in [0.4, 0.5) is 0 Å². The average molecular weight is 364 g/mol. The Morgan fingerprint density at radius 1 is 0.846 bits per heavy atom. The van der Waals surface area contributed by atoms with Crippen molar-refractivity contribution in [1.82, 2.24) is 4.90 Å². The van der Waals surface area contributed by atoms with Gasteiger partial charge < -0.3 is 4.90 Å². The van der Waals surface area contributed by atoms with E-state index < -0.39 is 0 Å². The highest BCUT2D eigenvalue weighted by atomic mass is 35.5. The molecule has 0 heterocycles. The van der Waals surface area contributed by atoms with Crippen LogP contribution >= 0.6 is 11.6 Å². The molecular weight excluding hydrogens is 346 g/mol. The van der Waals surface area contributed by atoms with E-state index >= 15 is 0 Å². The molecule has 0 fully saturated rings. The van der Waals surface area contributed by atoms with Gasteiger partial charge in [-0.05, 0) is 23.8 Å². The normalized spacial score (nSPS) is 10.4. The van der Waals surface area contributed by atoms with E-state index in [9.17, 15) is 9.59 Å². The fourth-order valence-corrected chi connectivity index (χ4v) is 3.01. The number of amides is 1. The molecule has 0 aliphatic rings. The van der Waals surface area contributed by atoms with Gasteiger partial charge in [-0.15, -0.1) is 0 Å². The number of benzene rings is 3.